The van der Waals surface area contributed by atoms with Gasteiger partial charge in [0.05, 0.1) is 22.9 Å². The smallest absolute Gasteiger partial charge is 0.252 e. The molecule has 0 fully saturated rings. The number of amides is 2. The van der Waals surface area contributed by atoms with E-state index in [9.17, 15) is 9.59 Å². The van der Waals surface area contributed by atoms with E-state index in [-0.39, 0.29) is 17.6 Å². The van der Waals surface area contributed by atoms with Gasteiger partial charge in [0, 0.05) is 22.2 Å². The van der Waals surface area contributed by atoms with Gasteiger partial charge in [-0.25, -0.2) is 0 Å². The zero-order valence-corrected chi connectivity index (χ0v) is 17.5. The lowest BCUT2D eigenvalue weighted by molar-refractivity contribution is -0.113. The minimum atomic E-state index is -0.216. The number of hydrogen-bond donors (Lipinski definition) is 2. The number of benzene rings is 3. The first-order valence-electron chi connectivity index (χ1n) is 9.09. The Hall–Kier alpha value is -3.27. The van der Waals surface area contributed by atoms with Crippen LogP contribution in [0.5, 0.6) is 0 Å². The molecule has 0 heterocycles. The summed E-state index contributed by atoms with van der Waals surface area (Å²) in [5, 5.41) is 15.2. The largest absolute Gasteiger partial charge is 0.348 e. The summed E-state index contributed by atoms with van der Waals surface area (Å²) < 4.78 is 0. The van der Waals surface area contributed by atoms with E-state index in [1.165, 1.54) is 11.8 Å². The number of nitriles is 1. The fraction of sp³-hybridized carbons (Fsp3) is 0.0870. The Kier molecular flexibility index (Phi) is 7.50. The predicted octanol–water partition coefficient (Wildman–Crippen LogP) is 4.87. The molecular weight excluding hydrogens is 418 g/mol. The van der Waals surface area contributed by atoms with Crippen molar-refractivity contribution in [3.63, 3.8) is 0 Å². The van der Waals surface area contributed by atoms with Gasteiger partial charge in [0.1, 0.15) is 0 Å². The second-order valence-corrected chi connectivity index (χ2v) is 7.79. The summed E-state index contributed by atoms with van der Waals surface area (Å²) in [5.74, 6) is -0.292. The van der Waals surface area contributed by atoms with Crippen molar-refractivity contribution in [1.29, 1.82) is 5.26 Å². The number of nitrogens with one attached hydrogen (secondary N) is 2. The van der Waals surface area contributed by atoms with E-state index >= 15 is 0 Å². The summed E-state index contributed by atoms with van der Waals surface area (Å²) in [4.78, 5) is 25.6. The third kappa shape index (κ3) is 6.11. The van der Waals surface area contributed by atoms with Crippen LogP contribution in [-0.2, 0) is 11.3 Å². The van der Waals surface area contributed by atoms with Crippen LogP contribution in [0.1, 0.15) is 21.5 Å². The number of thioether (sulfide) groups is 1. The molecule has 0 unspecified atom stereocenters. The molecule has 0 saturated carbocycles. The number of carbonyl (C=O) groups is 2. The van der Waals surface area contributed by atoms with Gasteiger partial charge in [-0.3, -0.25) is 9.59 Å². The third-order valence-corrected chi connectivity index (χ3v) is 5.46. The molecule has 0 aliphatic carbocycles. The average Bonchev–Trinajstić information content (AvgIpc) is 2.77. The number of rotatable bonds is 7. The van der Waals surface area contributed by atoms with Crippen molar-refractivity contribution in [3.05, 3.63) is 94.5 Å². The van der Waals surface area contributed by atoms with E-state index < -0.39 is 0 Å². The Labute approximate surface area is 184 Å². The van der Waals surface area contributed by atoms with Gasteiger partial charge in [0.15, 0.2) is 0 Å². The molecule has 0 aliphatic rings. The van der Waals surface area contributed by atoms with Crippen molar-refractivity contribution in [1.82, 2.24) is 5.32 Å². The van der Waals surface area contributed by atoms with E-state index in [2.05, 4.69) is 10.6 Å². The third-order valence-electron chi connectivity index (χ3n) is 4.13. The molecular formula is C23H18ClN3O2S. The maximum absolute atomic E-state index is 12.6. The molecule has 0 bridgehead atoms. The topological polar surface area (TPSA) is 82.0 Å². The van der Waals surface area contributed by atoms with Gasteiger partial charge < -0.3 is 10.6 Å². The standard InChI is InChI=1S/C23H18ClN3O2S/c24-18-10-8-16(9-11-18)14-26-23(29)20-6-1-2-7-21(20)30-15-22(28)27-19-5-3-4-17(12-19)13-25/h1-12H,14-15H2,(H,26,29)(H,27,28). The van der Waals surface area contributed by atoms with Crippen molar-refractivity contribution in [2.45, 2.75) is 11.4 Å². The van der Waals surface area contributed by atoms with Crippen LogP contribution in [0.25, 0.3) is 0 Å². The molecule has 0 saturated heterocycles. The second kappa shape index (κ2) is 10.5. The molecule has 150 valence electrons. The number of anilines is 1. The van der Waals surface area contributed by atoms with Crippen molar-refractivity contribution in [2.24, 2.45) is 0 Å². The number of hydrogen-bond acceptors (Lipinski definition) is 4. The maximum atomic E-state index is 12.6. The van der Waals surface area contributed by atoms with Crippen LogP contribution in [0.2, 0.25) is 5.02 Å². The van der Waals surface area contributed by atoms with Crippen LogP contribution in [0.4, 0.5) is 5.69 Å². The van der Waals surface area contributed by atoms with Gasteiger partial charge in [0.25, 0.3) is 5.91 Å². The van der Waals surface area contributed by atoms with Crippen LogP contribution in [0, 0.1) is 11.3 Å². The molecule has 0 aromatic heterocycles. The van der Waals surface area contributed by atoms with Gasteiger partial charge in [0.2, 0.25) is 5.91 Å². The minimum absolute atomic E-state index is 0.137. The molecule has 0 radical (unpaired) electrons. The highest BCUT2D eigenvalue weighted by Gasteiger charge is 2.13. The highest BCUT2D eigenvalue weighted by Crippen LogP contribution is 2.23. The Bertz CT molecular complexity index is 1090. The zero-order valence-electron chi connectivity index (χ0n) is 15.9. The number of nitrogens with zero attached hydrogens (tertiary/aromatic N) is 1. The van der Waals surface area contributed by atoms with Gasteiger partial charge in [-0.05, 0) is 48.0 Å². The first kappa shape index (κ1) is 21.4. The Morgan fingerprint density at radius 2 is 1.77 bits per heavy atom. The summed E-state index contributed by atoms with van der Waals surface area (Å²) in [6.45, 7) is 0.380. The van der Waals surface area contributed by atoms with Gasteiger partial charge in [-0.1, -0.05) is 41.9 Å². The van der Waals surface area contributed by atoms with Crippen molar-refractivity contribution in [2.75, 3.05) is 11.1 Å². The number of halogens is 1. The molecule has 0 spiro atoms. The summed E-state index contributed by atoms with van der Waals surface area (Å²) in [7, 11) is 0. The first-order chi connectivity index (χ1) is 14.5. The SMILES string of the molecule is N#Cc1cccc(NC(=O)CSc2ccccc2C(=O)NCc2ccc(Cl)cc2)c1. The summed E-state index contributed by atoms with van der Waals surface area (Å²) in [6, 6.07) is 23.2. The molecule has 3 aromatic rings. The van der Waals surface area contributed by atoms with Crippen molar-refractivity contribution >= 4 is 40.9 Å². The molecule has 0 atom stereocenters. The monoisotopic (exact) mass is 435 g/mol. The summed E-state index contributed by atoms with van der Waals surface area (Å²) in [6.07, 6.45) is 0. The predicted molar refractivity (Wildman–Crippen MR) is 120 cm³/mol. The van der Waals surface area contributed by atoms with E-state index in [0.29, 0.717) is 33.3 Å². The van der Waals surface area contributed by atoms with Crippen LogP contribution in [0.3, 0.4) is 0 Å². The quantitative estimate of drug-likeness (QED) is 0.518. The maximum Gasteiger partial charge on any atom is 0.252 e. The fourth-order valence-electron chi connectivity index (χ4n) is 2.67. The van der Waals surface area contributed by atoms with Crippen LogP contribution >= 0.6 is 23.4 Å². The molecule has 3 aromatic carbocycles. The fourth-order valence-corrected chi connectivity index (χ4v) is 3.64. The molecule has 5 nitrogen and oxygen atoms in total. The number of carbonyl (C=O) groups excluding carboxylic acids is 2. The van der Waals surface area contributed by atoms with Gasteiger partial charge >= 0.3 is 0 Å². The van der Waals surface area contributed by atoms with Crippen LogP contribution in [0.15, 0.2) is 77.7 Å². The summed E-state index contributed by atoms with van der Waals surface area (Å²) >= 11 is 7.16. The van der Waals surface area contributed by atoms with E-state index in [1.54, 1.807) is 48.5 Å². The highest BCUT2D eigenvalue weighted by atomic mass is 35.5. The zero-order chi connectivity index (χ0) is 21.3. The van der Waals surface area contributed by atoms with Gasteiger partial charge in [-0.2, -0.15) is 5.26 Å². The Morgan fingerprint density at radius 1 is 1.00 bits per heavy atom. The van der Waals surface area contributed by atoms with Crippen LogP contribution in [-0.4, -0.2) is 17.6 Å². The van der Waals surface area contributed by atoms with Crippen LogP contribution < -0.4 is 10.6 Å². The lowest BCUT2D eigenvalue weighted by Gasteiger charge is -2.10. The Balaban J connectivity index is 1.59. The summed E-state index contributed by atoms with van der Waals surface area (Å²) in [5.41, 5.74) is 2.49. The molecule has 0 aliphatic heterocycles. The molecule has 3 rings (SSSR count). The minimum Gasteiger partial charge on any atom is -0.348 e. The molecule has 30 heavy (non-hydrogen) atoms. The Morgan fingerprint density at radius 3 is 2.53 bits per heavy atom. The van der Waals surface area contributed by atoms with E-state index in [0.717, 1.165) is 5.56 Å². The molecule has 2 amide bonds. The van der Waals surface area contributed by atoms with Gasteiger partial charge in [-0.15, -0.1) is 11.8 Å². The lowest BCUT2D eigenvalue weighted by Crippen LogP contribution is -2.23. The lowest BCUT2D eigenvalue weighted by atomic mass is 10.2. The van der Waals surface area contributed by atoms with Crippen molar-refractivity contribution in [3.8, 4) is 6.07 Å². The second-order valence-electron chi connectivity index (χ2n) is 6.33. The van der Waals surface area contributed by atoms with E-state index in [4.69, 9.17) is 16.9 Å². The first-order valence-corrected chi connectivity index (χ1v) is 10.5. The molecule has 2 N–H and O–H groups in total. The van der Waals surface area contributed by atoms with Crippen molar-refractivity contribution < 1.29 is 9.59 Å². The van der Waals surface area contributed by atoms with E-state index in [1.807, 2.05) is 30.3 Å². The highest BCUT2D eigenvalue weighted by molar-refractivity contribution is 8.00. The molecule has 7 heteroatoms. The average molecular weight is 436 g/mol. The normalized spacial score (nSPS) is 10.1.